The molecule has 2 rings (SSSR count). The normalized spacial score (nSPS) is 11.6. The van der Waals surface area contributed by atoms with E-state index in [0.29, 0.717) is 0 Å². The minimum atomic E-state index is 0.816. The molecule has 0 atom stereocenters. The van der Waals surface area contributed by atoms with Crippen molar-refractivity contribution in [2.75, 3.05) is 5.73 Å². The van der Waals surface area contributed by atoms with Crippen molar-refractivity contribution >= 4 is 11.8 Å². The van der Waals surface area contributed by atoms with Gasteiger partial charge in [0.1, 0.15) is 0 Å². The molecule has 0 amide bonds. The molecule has 92 valence electrons. The van der Waals surface area contributed by atoms with Crippen LogP contribution in [0.2, 0.25) is 0 Å². The summed E-state index contributed by atoms with van der Waals surface area (Å²) >= 11 is 0. The molecule has 2 N–H and O–H groups in total. The monoisotopic (exact) mass is 238 g/mol. The smallest absolute Gasteiger partial charge is 0.0317 e. The number of pyridine rings is 1. The molecule has 1 heterocycles. The van der Waals surface area contributed by atoms with Crippen molar-refractivity contribution in [3.63, 3.8) is 0 Å². The van der Waals surface area contributed by atoms with Crippen LogP contribution in [0.15, 0.2) is 48.3 Å². The van der Waals surface area contributed by atoms with E-state index in [9.17, 15) is 0 Å². The Hall–Kier alpha value is -2.09. The molecule has 1 aromatic heterocycles. The van der Waals surface area contributed by atoms with Crippen LogP contribution in [0.5, 0.6) is 0 Å². The highest BCUT2D eigenvalue weighted by Crippen LogP contribution is 2.17. The highest BCUT2D eigenvalue weighted by Gasteiger charge is 1.98. The molecule has 0 spiro atoms. The lowest BCUT2D eigenvalue weighted by molar-refractivity contribution is 1.13. The summed E-state index contributed by atoms with van der Waals surface area (Å²) in [5, 5.41) is 0. The number of rotatable bonds is 3. The van der Waals surface area contributed by atoms with E-state index in [0.717, 1.165) is 12.1 Å². The fourth-order valence-corrected chi connectivity index (χ4v) is 2.00. The van der Waals surface area contributed by atoms with E-state index in [1.54, 1.807) is 0 Å². The SMILES string of the molecule is CC(=Cc1ccc(N)cc1C)Cc1ccncc1. The number of aromatic nitrogens is 1. The maximum Gasteiger partial charge on any atom is 0.0317 e. The molecule has 0 aliphatic rings. The fraction of sp³-hybridized carbons (Fsp3) is 0.188. The van der Waals surface area contributed by atoms with Gasteiger partial charge in [0.25, 0.3) is 0 Å². The van der Waals surface area contributed by atoms with Gasteiger partial charge in [0.05, 0.1) is 0 Å². The van der Waals surface area contributed by atoms with Gasteiger partial charge in [-0.25, -0.2) is 0 Å². The Balaban J connectivity index is 2.18. The number of nitrogen functional groups attached to an aromatic ring is 1. The average molecular weight is 238 g/mol. The van der Waals surface area contributed by atoms with Crippen LogP contribution < -0.4 is 5.73 Å². The van der Waals surface area contributed by atoms with E-state index in [1.807, 2.05) is 36.7 Å². The number of hydrogen-bond donors (Lipinski definition) is 1. The van der Waals surface area contributed by atoms with Gasteiger partial charge >= 0.3 is 0 Å². The zero-order chi connectivity index (χ0) is 13.0. The van der Waals surface area contributed by atoms with Gasteiger partial charge in [-0.2, -0.15) is 0 Å². The van der Waals surface area contributed by atoms with Crippen molar-refractivity contribution in [1.82, 2.24) is 4.98 Å². The van der Waals surface area contributed by atoms with Crippen molar-refractivity contribution < 1.29 is 0 Å². The highest BCUT2D eigenvalue weighted by molar-refractivity contribution is 5.60. The van der Waals surface area contributed by atoms with Crippen LogP contribution in [0, 0.1) is 6.92 Å². The number of nitrogens with zero attached hydrogens (tertiary/aromatic N) is 1. The van der Waals surface area contributed by atoms with Crippen LogP contribution in [-0.2, 0) is 6.42 Å². The lowest BCUT2D eigenvalue weighted by Gasteiger charge is -2.05. The molecular formula is C16H18N2. The van der Waals surface area contributed by atoms with Crippen LogP contribution >= 0.6 is 0 Å². The van der Waals surface area contributed by atoms with E-state index in [-0.39, 0.29) is 0 Å². The number of nitrogens with two attached hydrogens (primary N) is 1. The Bertz CT molecular complexity index is 557. The minimum absolute atomic E-state index is 0.816. The zero-order valence-corrected chi connectivity index (χ0v) is 10.9. The zero-order valence-electron chi connectivity index (χ0n) is 10.9. The Morgan fingerprint density at radius 2 is 1.94 bits per heavy atom. The Labute approximate surface area is 108 Å². The minimum Gasteiger partial charge on any atom is -0.399 e. The number of anilines is 1. The topological polar surface area (TPSA) is 38.9 Å². The second kappa shape index (κ2) is 5.50. The summed E-state index contributed by atoms with van der Waals surface area (Å²) < 4.78 is 0. The lowest BCUT2D eigenvalue weighted by atomic mass is 10.0. The van der Waals surface area contributed by atoms with Gasteiger partial charge in [0.2, 0.25) is 0 Å². The van der Waals surface area contributed by atoms with Gasteiger partial charge < -0.3 is 5.73 Å². The van der Waals surface area contributed by atoms with Gasteiger partial charge in [-0.15, -0.1) is 0 Å². The lowest BCUT2D eigenvalue weighted by Crippen LogP contribution is -1.90. The number of hydrogen-bond acceptors (Lipinski definition) is 2. The van der Waals surface area contributed by atoms with Crippen molar-refractivity contribution in [1.29, 1.82) is 0 Å². The third kappa shape index (κ3) is 3.20. The molecule has 2 heteroatoms. The Morgan fingerprint density at radius 1 is 1.22 bits per heavy atom. The molecule has 2 nitrogen and oxygen atoms in total. The molecule has 2 aromatic rings. The van der Waals surface area contributed by atoms with Gasteiger partial charge in [-0.3, -0.25) is 4.98 Å². The van der Waals surface area contributed by atoms with E-state index < -0.39 is 0 Å². The van der Waals surface area contributed by atoms with E-state index in [2.05, 4.69) is 31.0 Å². The van der Waals surface area contributed by atoms with Crippen LogP contribution in [0.25, 0.3) is 6.08 Å². The maximum atomic E-state index is 5.75. The molecule has 0 bridgehead atoms. The predicted octanol–water partition coefficient (Wildman–Crippen LogP) is 3.62. The highest BCUT2D eigenvalue weighted by atomic mass is 14.6. The second-order valence-electron chi connectivity index (χ2n) is 4.64. The van der Waals surface area contributed by atoms with Crippen molar-refractivity contribution in [3.8, 4) is 0 Å². The summed E-state index contributed by atoms with van der Waals surface area (Å²) in [5.41, 5.74) is 11.6. The average Bonchev–Trinajstić information content (AvgIpc) is 2.34. The van der Waals surface area contributed by atoms with Crippen LogP contribution in [0.4, 0.5) is 5.69 Å². The van der Waals surface area contributed by atoms with Crippen LogP contribution in [0.3, 0.4) is 0 Å². The molecule has 18 heavy (non-hydrogen) atoms. The molecular weight excluding hydrogens is 220 g/mol. The van der Waals surface area contributed by atoms with Crippen molar-refractivity contribution in [2.24, 2.45) is 0 Å². The summed E-state index contributed by atoms with van der Waals surface area (Å²) in [6.45, 7) is 4.23. The third-order valence-corrected chi connectivity index (χ3v) is 2.93. The van der Waals surface area contributed by atoms with Gasteiger partial charge in [-0.05, 0) is 61.2 Å². The largest absolute Gasteiger partial charge is 0.399 e. The summed E-state index contributed by atoms with van der Waals surface area (Å²) in [6.07, 6.45) is 6.83. The first kappa shape index (κ1) is 12.4. The standard InChI is InChI=1S/C16H18N2/c1-12(9-14-5-7-18-8-6-14)10-15-3-4-16(17)11-13(15)2/h3-8,10-11H,9,17H2,1-2H3. The first-order chi connectivity index (χ1) is 8.65. The van der Waals surface area contributed by atoms with Crippen LogP contribution in [-0.4, -0.2) is 4.98 Å². The maximum absolute atomic E-state index is 5.75. The molecule has 0 saturated carbocycles. The molecule has 1 aromatic carbocycles. The molecule has 0 fully saturated rings. The predicted molar refractivity (Wildman–Crippen MR) is 77.2 cm³/mol. The Kier molecular flexibility index (Phi) is 3.78. The molecule has 0 saturated heterocycles. The van der Waals surface area contributed by atoms with E-state index in [4.69, 9.17) is 5.73 Å². The number of aryl methyl sites for hydroxylation is 1. The second-order valence-corrected chi connectivity index (χ2v) is 4.64. The summed E-state index contributed by atoms with van der Waals surface area (Å²) in [5.74, 6) is 0. The number of benzene rings is 1. The summed E-state index contributed by atoms with van der Waals surface area (Å²) in [4.78, 5) is 4.03. The van der Waals surface area contributed by atoms with E-state index >= 15 is 0 Å². The molecule has 0 radical (unpaired) electrons. The van der Waals surface area contributed by atoms with Crippen molar-refractivity contribution in [2.45, 2.75) is 20.3 Å². The quantitative estimate of drug-likeness (QED) is 0.829. The first-order valence-corrected chi connectivity index (χ1v) is 6.07. The summed E-state index contributed by atoms with van der Waals surface area (Å²) in [6, 6.07) is 10.1. The molecule has 0 aliphatic carbocycles. The van der Waals surface area contributed by atoms with Gasteiger partial charge in [0, 0.05) is 18.1 Å². The Morgan fingerprint density at radius 3 is 2.61 bits per heavy atom. The molecule has 0 unspecified atom stereocenters. The van der Waals surface area contributed by atoms with Gasteiger partial charge in [-0.1, -0.05) is 17.7 Å². The summed E-state index contributed by atoms with van der Waals surface area (Å²) in [7, 11) is 0. The first-order valence-electron chi connectivity index (χ1n) is 6.07. The van der Waals surface area contributed by atoms with E-state index in [1.165, 1.54) is 22.3 Å². The van der Waals surface area contributed by atoms with Crippen molar-refractivity contribution in [3.05, 3.63) is 65.0 Å². The molecule has 0 aliphatic heterocycles. The third-order valence-electron chi connectivity index (χ3n) is 2.93. The number of allylic oxidation sites excluding steroid dienone is 1. The van der Waals surface area contributed by atoms with Gasteiger partial charge in [0.15, 0.2) is 0 Å². The van der Waals surface area contributed by atoms with Crippen LogP contribution in [0.1, 0.15) is 23.6 Å². The fourth-order valence-electron chi connectivity index (χ4n) is 2.00.